The van der Waals surface area contributed by atoms with E-state index in [2.05, 4.69) is 15.1 Å². The van der Waals surface area contributed by atoms with Crippen LogP contribution in [0.1, 0.15) is 39.4 Å². The standard InChI is InChI=1S/C16H20N4O2/c1-11(2)21-16(3,4)15-18-14(19-22-15)9-20-10-17-12-7-5-6-8-13(12)20/h5-8,10-11H,9H2,1-4H3. The molecule has 6 nitrogen and oxygen atoms in total. The first kappa shape index (κ1) is 14.7. The Morgan fingerprint density at radius 1 is 1.27 bits per heavy atom. The van der Waals surface area contributed by atoms with Crippen molar-refractivity contribution in [3.8, 4) is 0 Å². The van der Waals surface area contributed by atoms with Crippen LogP contribution in [0.15, 0.2) is 35.1 Å². The molecule has 0 aliphatic carbocycles. The Balaban J connectivity index is 1.82. The monoisotopic (exact) mass is 300 g/mol. The zero-order chi connectivity index (χ0) is 15.7. The van der Waals surface area contributed by atoms with Crippen molar-refractivity contribution in [1.82, 2.24) is 19.7 Å². The summed E-state index contributed by atoms with van der Waals surface area (Å²) in [4.78, 5) is 8.83. The summed E-state index contributed by atoms with van der Waals surface area (Å²) in [5, 5.41) is 4.06. The highest BCUT2D eigenvalue weighted by atomic mass is 16.5. The second-order valence-electron chi connectivity index (χ2n) is 6.05. The zero-order valence-electron chi connectivity index (χ0n) is 13.3. The minimum atomic E-state index is -0.601. The molecule has 0 amide bonds. The molecule has 2 aromatic heterocycles. The Labute approximate surface area is 129 Å². The lowest BCUT2D eigenvalue weighted by Crippen LogP contribution is -2.26. The maximum absolute atomic E-state index is 5.83. The summed E-state index contributed by atoms with van der Waals surface area (Å²) in [6, 6.07) is 7.96. The molecule has 0 spiro atoms. The number of ether oxygens (including phenoxy) is 1. The van der Waals surface area contributed by atoms with Crippen LogP contribution in [-0.2, 0) is 16.9 Å². The van der Waals surface area contributed by atoms with Crippen molar-refractivity contribution in [2.45, 2.75) is 45.9 Å². The van der Waals surface area contributed by atoms with E-state index in [0.717, 1.165) is 11.0 Å². The fourth-order valence-corrected chi connectivity index (χ4v) is 2.49. The van der Waals surface area contributed by atoms with Crippen LogP contribution >= 0.6 is 0 Å². The first-order chi connectivity index (χ1) is 10.5. The van der Waals surface area contributed by atoms with Gasteiger partial charge >= 0.3 is 0 Å². The average molecular weight is 300 g/mol. The highest BCUT2D eigenvalue weighted by Gasteiger charge is 2.29. The SMILES string of the molecule is CC(C)OC(C)(C)c1nc(Cn2cnc3ccccc32)no1. The van der Waals surface area contributed by atoms with Gasteiger partial charge < -0.3 is 13.8 Å². The summed E-state index contributed by atoms with van der Waals surface area (Å²) < 4.78 is 13.2. The van der Waals surface area contributed by atoms with Crippen LogP contribution in [-0.4, -0.2) is 25.8 Å². The van der Waals surface area contributed by atoms with Crippen molar-refractivity contribution in [2.24, 2.45) is 0 Å². The van der Waals surface area contributed by atoms with Gasteiger partial charge in [-0.25, -0.2) is 4.98 Å². The highest BCUT2D eigenvalue weighted by molar-refractivity contribution is 5.74. The Morgan fingerprint density at radius 3 is 2.82 bits per heavy atom. The van der Waals surface area contributed by atoms with Gasteiger partial charge in [0.15, 0.2) is 5.82 Å². The molecule has 116 valence electrons. The van der Waals surface area contributed by atoms with E-state index in [1.165, 1.54) is 0 Å². The molecule has 1 aromatic carbocycles. The van der Waals surface area contributed by atoms with Crippen LogP contribution in [0.4, 0.5) is 0 Å². The van der Waals surface area contributed by atoms with E-state index in [9.17, 15) is 0 Å². The van der Waals surface area contributed by atoms with Gasteiger partial charge in [-0.2, -0.15) is 4.98 Å². The lowest BCUT2D eigenvalue weighted by molar-refractivity contribution is -0.0782. The van der Waals surface area contributed by atoms with Gasteiger partial charge in [-0.15, -0.1) is 0 Å². The molecular formula is C16H20N4O2. The largest absolute Gasteiger partial charge is 0.363 e. The van der Waals surface area contributed by atoms with E-state index < -0.39 is 5.60 Å². The second kappa shape index (κ2) is 5.53. The minimum Gasteiger partial charge on any atom is -0.363 e. The molecule has 0 N–H and O–H groups in total. The molecule has 0 saturated carbocycles. The van der Waals surface area contributed by atoms with Crippen LogP contribution < -0.4 is 0 Å². The molecule has 3 rings (SSSR count). The van der Waals surface area contributed by atoms with E-state index in [1.807, 2.05) is 56.5 Å². The second-order valence-corrected chi connectivity index (χ2v) is 6.05. The van der Waals surface area contributed by atoms with E-state index in [-0.39, 0.29) is 6.10 Å². The van der Waals surface area contributed by atoms with Gasteiger partial charge in [0, 0.05) is 0 Å². The number of fused-ring (bicyclic) bond motifs is 1. The average Bonchev–Trinajstić information content (AvgIpc) is 3.06. The number of para-hydroxylation sites is 2. The lowest BCUT2D eigenvalue weighted by Gasteiger charge is -2.23. The lowest BCUT2D eigenvalue weighted by atomic mass is 10.1. The van der Waals surface area contributed by atoms with Crippen LogP contribution in [0.25, 0.3) is 11.0 Å². The molecule has 0 atom stereocenters. The molecule has 0 aliphatic heterocycles. The first-order valence-electron chi connectivity index (χ1n) is 7.36. The van der Waals surface area contributed by atoms with Crippen molar-refractivity contribution in [3.63, 3.8) is 0 Å². The number of imidazole rings is 1. The normalized spacial score (nSPS) is 12.4. The number of benzene rings is 1. The summed E-state index contributed by atoms with van der Waals surface area (Å²) in [7, 11) is 0. The Hall–Kier alpha value is -2.21. The smallest absolute Gasteiger partial charge is 0.258 e. The number of rotatable bonds is 5. The maximum atomic E-state index is 5.83. The fourth-order valence-electron chi connectivity index (χ4n) is 2.49. The van der Waals surface area contributed by atoms with Gasteiger partial charge in [0.2, 0.25) is 0 Å². The molecule has 0 unspecified atom stereocenters. The fraction of sp³-hybridized carbons (Fsp3) is 0.438. The topological polar surface area (TPSA) is 66.0 Å². The van der Waals surface area contributed by atoms with Crippen molar-refractivity contribution in [1.29, 1.82) is 0 Å². The molecule has 22 heavy (non-hydrogen) atoms. The number of hydrogen-bond donors (Lipinski definition) is 0. The van der Waals surface area contributed by atoms with Gasteiger partial charge in [0.25, 0.3) is 5.89 Å². The molecule has 0 aliphatic rings. The molecule has 0 fully saturated rings. The van der Waals surface area contributed by atoms with E-state index in [0.29, 0.717) is 18.3 Å². The van der Waals surface area contributed by atoms with E-state index in [4.69, 9.17) is 9.26 Å². The zero-order valence-corrected chi connectivity index (χ0v) is 13.3. The molecule has 0 bridgehead atoms. The number of aromatic nitrogens is 4. The van der Waals surface area contributed by atoms with E-state index >= 15 is 0 Å². The van der Waals surface area contributed by atoms with Crippen LogP contribution in [0.2, 0.25) is 0 Å². The highest BCUT2D eigenvalue weighted by Crippen LogP contribution is 2.25. The molecule has 6 heteroatoms. The third-order valence-corrected chi connectivity index (χ3v) is 3.35. The van der Waals surface area contributed by atoms with Crippen molar-refractivity contribution in [2.75, 3.05) is 0 Å². The summed E-state index contributed by atoms with van der Waals surface area (Å²) in [5.41, 5.74) is 1.40. The first-order valence-corrected chi connectivity index (χ1v) is 7.36. The van der Waals surface area contributed by atoms with Crippen molar-refractivity contribution >= 4 is 11.0 Å². The van der Waals surface area contributed by atoms with Crippen molar-refractivity contribution < 1.29 is 9.26 Å². The minimum absolute atomic E-state index is 0.0861. The summed E-state index contributed by atoms with van der Waals surface area (Å²) in [5.74, 6) is 1.10. The predicted octanol–water partition coefficient (Wildman–Crippen LogP) is 3.13. The summed E-state index contributed by atoms with van der Waals surface area (Å²) in [6.07, 6.45) is 1.87. The molecule has 0 saturated heterocycles. The summed E-state index contributed by atoms with van der Waals surface area (Å²) >= 11 is 0. The third kappa shape index (κ3) is 2.87. The van der Waals surface area contributed by atoms with Gasteiger partial charge in [0.05, 0.1) is 30.0 Å². The van der Waals surface area contributed by atoms with Gasteiger partial charge in [0.1, 0.15) is 5.60 Å². The number of hydrogen-bond acceptors (Lipinski definition) is 5. The maximum Gasteiger partial charge on any atom is 0.258 e. The quantitative estimate of drug-likeness (QED) is 0.724. The van der Waals surface area contributed by atoms with Crippen LogP contribution in [0, 0.1) is 0 Å². The molecule has 2 heterocycles. The van der Waals surface area contributed by atoms with Gasteiger partial charge in [-0.3, -0.25) is 0 Å². The van der Waals surface area contributed by atoms with Crippen molar-refractivity contribution in [3.05, 3.63) is 42.3 Å². The van der Waals surface area contributed by atoms with E-state index in [1.54, 1.807) is 6.33 Å². The molecule has 3 aromatic rings. The third-order valence-electron chi connectivity index (χ3n) is 3.35. The summed E-state index contributed by atoms with van der Waals surface area (Å²) in [6.45, 7) is 8.34. The Bertz CT molecular complexity index is 773. The van der Waals surface area contributed by atoms with Gasteiger partial charge in [-0.1, -0.05) is 17.3 Å². The molecular weight excluding hydrogens is 280 g/mol. The Kier molecular flexibility index (Phi) is 3.70. The molecule has 0 radical (unpaired) electrons. The van der Waals surface area contributed by atoms with Gasteiger partial charge in [-0.05, 0) is 39.8 Å². The van der Waals surface area contributed by atoms with Crippen LogP contribution in [0.5, 0.6) is 0 Å². The van der Waals surface area contributed by atoms with Crippen LogP contribution in [0.3, 0.4) is 0 Å². The Morgan fingerprint density at radius 2 is 2.05 bits per heavy atom. The number of nitrogens with zero attached hydrogens (tertiary/aromatic N) is 4. The predicted molar refractivity (Wildman–Crippen MR) is 82.4 cm³/mol.